The second kappa shape index (κ2) is 5.77. The molecule has 1 heterocycles. The molecule has 0 aliphatic heterocycles. The molecule has 7 heteroatoms. The summed E-state index contributed by atoms with van der Waals surface area (Å²) in [6.45, 7) is 1.58. The van der Waals surface area contributed by atoms with Crippen molar-refractivity contribution in [2.24, 2.45) is 5.73 Å². The van der Waals surface area contributed by atoms with Gasteiger partial charge in [0.05, 0.1) is 22.6 Å². The molecule has 0 fully saturated rings. The molecule has 0 aliphatic carbocycles. The Labute approximate surface area is 130 Å². The summed E-state index contributed by atoms with van der Waals surface area (Å²) in [7, 11) is 0. The third-order valence-corrected chi connectivity index (χ3v) is 3.35. The quantitative estimate of drug-likeness (QED) is 0.695. The average Bonchev–Trinajstić information content (AvgIpc) is 2.92. The van der Waals surface area contributed by atoms with Gasteiger partial charge in [0.15, 0.2) is 0 Å². The smallest absolute Gasteiger partial charge is 0.240 e. The average molecular weight is 316 g/mol. The first-order valence-corrected chi connectivity index (χ1v) is 6.95. The molecule has 5 nitrogen and oxygen atoms in total. The van der Waals surface area contributed by atoms with E-state index in [2.05, 4.69) is 15.3 Å². The van der Waals surface area contributed by atoms with Crippen molar-refractivity contribution >= 4 is 22.6 Å². The van der Waals surface area contributed by atoms with Crippen molar-refractivity contribution in [3.63, 3.8) is 0 Å². The van der Waals surface area contributed by atoms with Crippen LogP contribution in [0.15, 0.2) is 36.4 Å². The summed E-state index contributed by atoms with van der Waals surface area (Å²) in [5.74, 6) is -1.23. The van der Waals surface area contributed by atoms with Crippen molar-refractivity contribution < 1.29 is 13.6 Å². The van der Waals surface area contributed by atoms with E-state index in [-0.39, 0.29) is 17.3 Å². The van der Waals surface area contributed by atoms with Gasteiger partial charge in [-0.15, -0.1) is 0 Å². The van der Waals surface area contributed by atoms with Crippen molar-refractivity contribution in [3.05, 3.63) is 48.0 Å². The zero-order valence-electron chi connectivity index (χ0n) is 12.2. The van der Waals surface area contributed by atoms with E-state index < -0.39 is 17.7 Å². The van der Waals surface area contributed by atoms with Gasteiger partial charge in [0.1, 0.15) is 17.5 Å². The number of nitrogens with one attached hydrogen (secondary N) is 2. The van der Waals surface area contributed by atoms with Crippen LogP contribution in [0.5, 0.6) is 0 Å². The van der Waals surface area contributed by atoms with E-state index in [1.165, 1.54) is 0 Å². The number of halogens is 2. The van der Waals surface area contributed by atoms with Gasteiger partial charge in [-0.05, 0) is 43.3 Å². The first kappa shape index (κ1) is 15.1. The minimum atomic E-state index is -0.635. The van der Waals surface area contributed by atoms with E-state index in [4.69, 9.17) is 5.73 Å². The molecule has 0 spiro atoms. The van der Waals surface area contributed by atoms with Crippen molar-refractivity contribution in [1.29, 1.82) is 0 Å². The molecular formula is C16H14F2N4O. The molecule has 0 aliphatic rings. The number of nitrogens with two attached hydrogens (primary N) is 1. The van der Waals surface area contributed by atoms with Crippen LogP contribution in [0.1, 0.15) is 6.92 Å². The molecule has 1 unspecified atom stereocenters. The van der Waals surface area contributed by atoms with E-state index in [1.807, 2.05) is 0 Å². The fraction of sp³-hybridized carbons (Fsp3) is 0.125. The first-order valence-electron chi connectivity index (χ1n) is 6.95. The summed E-state index contributed by atoms with van der Waals surface area (Å²) in [5, 5.41) is 2.66. The van der Waals surface area contributed by atoms with Gasteiger partial charge in [-0.25, -0.2) is 13.8 Å². The number of aromatic amines is 1. The van der Waals surface area contributed by atoms with Crippen molar-refractivity contribution in [1.82, 2.24) is 9.97 Å². The topological polar surface area (TPSA) is 83.8 Å². The molecule has 0 saturated heterocycles. The number of H-pyrrole nitrogens is 1. The number of aromatic nitrogens is 2. The Balaban J connectivity index is 1.99. The minimum absolute atomic E-state index is 0.0439. The maximum absolute atomic E-state index is 13.8. The molecule has 4 N–H and O–H groups in total. The van der Waals surface area contributed by atoms with Crippen LogP contribution in [0.3, 0.4) is 0 Å². The number of hydrogen-bond acceptors (Lipinski definition) is 3. The fourth-order valence-corrected chi connectivity index (χ4v) is 2.15. The zero-order valence-corrected chi connectivity index (χ0v) is 12.2. The lowest BCUT2D eigenvalue weighted by Crippen LogP contribution is -2.32. The summed E-state index contributed by atoms with van der Waals surface area (Å²) in [6.07, 6.45) is 0. The van der Waals surface area contributed by atoms with Crippen LogP contribution in [-0.4, -0.2) is 21.9 Å². The number of fused-ring (bicyclic) bond motifs is 1. The minimum Gasteiger partial charge on any atom is -0.338 e. The lowest BCUT2D eigenvalue weighted by molar-refractivity contribution is -0.117. The lowest BCUT2D eigenvalue weighted by Gasteiger charge is -2.07. The van der Waals surface area contributed by atoms with Gasteiger partial charge in [-0.1, -0.05) is 0 Å². The number of nitrogens with zero attached hydrogens (tertiary/aromatic N) is 1. The summed E-state index contributed by atoms with van der Waals surface area (Å²) in [6, 6.07) is 7.52. The monoisotopic (exact) mass is 316 g/mol. The molecule has 1 aromatic heterocycles. The molecule has 0 radical (unpaired) electrons. The number of carbonyl (C=O) groups excluding carboxylic acids is 1. The van der Waals surface area contributed by atoms with Crippen LogP contribution in [0.2, 0.25) is 0 Å². The molecule has 23 heavy (non-hydrogen) atoms. The summed E-state index contributed by atoms with van der Waals surface area (Å²) in [4.78, 5) is 18.8. The number of rotatable bonds is 3. The number of imidazole rings is 1. The Kier molecular flexibility index (Phi) is 3.79. The van der Waals surface area contributed by atoms with Crippen molar-refractivity contribution in [3.8, 4) is 11.4 Å². The van der Waals surface area contributed by atoms with Crippen LogP contribution in [-0.2, 0) is 4.79 Å². The summed E-state index contributed by atoms with van der Waals surface area (Å²) < 4.78 is 27.1. The van der Waals surface area contributed by atoms with Crippen LogP contribution in [0.25, 0.3) is 22.4 Å². The van der Waals surface area contributed by atoms with Gasteiger partial charge in [0.25, 0.3) is 0 Å². The molecule has 0 saturated carbocycles. The van der Waals surface area contributed by atoms with E-state index in [9.17, 15) is 13.6 Å². The van der Waals surface area contributed by atoms with Gasteiger partial charge < -0.3 is 16.0 Å². The first-order chi connectivity index (χ1) is 10.9. The number of hydrogen-bond donors (Lipinski definition) is 3. The summed E-state index contributed by atoms with van der Waals surface area (Å²) in [5.41, 5.74) is 7.24. The predicted octanol–water partition coefficient (Wildman–Crippen LogP) is 2.79. The Bertz CT molecular complexity index is 889. The van der Waals surface area contributed by atoms with Crippen molar-refractivity contribution in [2.75, 3.05) is 5.32 Å². The molecule has 1 atom stereocenters. The van der Waals surface area contributed by atoms with E-state index in [0.29, 0.717) is 16.7 Å². The van der Waals surface area contributed by atoms with Gasteiger partial charge in [0.2, 0.25) is 5.91 Å². The molecular weight excluding hydrogens is 302 g/mol. The fourth-order valence-electron chi connectivity index (χ4n) is 2.15. The number of amides is 1. The van der Waals surface area contributed by atoms with Crippen molar-refractivity contribution in [2.45, 2.75) is 13.0 Å². The van der Waals surface area contributed by atoms with Crippen LogP contribution < -0.4 is 11.1 Å². The maximum atomic E-state index is 13.8. The Morgan fingerprint density at radius 1 is 1.26 bits per heavy atom. The third kappa shape index (κ3) is 3.04. The van der Waals surface area contributed by atoms with E-state index in [0.717, 1.165) is 18.2 Å². The normalized spacial score (nSPS) is 12.3. The number of anilines is 1. The van der Waals surface area contributed by atoms with E-state index in [1.54, 1.807) is 25.1 Å². The highest BCUT2D eigenvalue weighted by molar-refractivity contribution is 5.96. The largest absolute Gasteiger partial charge is 0.338 e. The predicted molar refractivity (Wildman–Crippen MR) is 83.7 cm³/mol. The standard InChI is InChI=1S/C16H14F2N4O/c1-8(19)16(23)20-10-3-5-13-14(7-10)22-15(21-13)11-6-9(17)2-4-12(11)18/h2-8H,19H2,1H3,(H,20,23)(H,21,22). The van der Waals surface area contributed by atoms with E-state index >= 15 is 0 Å². The zero-order chi connectivity index (χ0) is 16.6. The lowest BCUT2D eigenvalue weighted by atomic mass is 10.2. The second-order valence-corrected chi connectivity index (χ2v) is 5.22. The number of benzene rings is 2. The Morgan fingerprint density at radius 2 is 2.04 bits per heavy atom. The third-order valence-electron chi connectivity index (χ3n) is 3.35. The highest BCUT2D eigenvalue weighted by atomic mass is 19.1. The highest BCUT2D eigenvalue weighted by Crippen LogP contribution is 2.25. The second-order valence-electron chi connectivity index (χ2n) is 5.22. The van der Waals surface area contributed by atoms with Gasteiger partial charge >= 0.3 is 0 Å². The Morgan fingerprint density at radius 3 is 2.78 bits per heavy atom. The number of carbonyl (C=O) groups is 1. The van der Waals surface area contributed by atoms with Crippen LogP contribution >= 0.6 is 0 Å². The highest BCUT2D eigenvalue weighted by Gasteiger charge is 2.13. The Hall–Kier alpha value is -2.80. The molecule has 118 valence electrons. The summed E-state index contributed by atoms with van der Waals surface area (Å²) >= 11 is 0. The SMILES string of the molecule is CC(N)C(=O)Nc1ccc2nc(-c3cc(F)ccc3F)[nH]c2c1. The van der Waals surface area contributed by atoms with Gasteiger partial charge in [0, 0.05) is 5.69 Å². The molecule has 0 bridgehead atoms. The van der Waals surface area contributed by atoms with Gasteiger partial charge in [-0.3, -0.25) is 4.79 Å². The maximum Gasteiger partial charge on any atom is 0.240 e. The molecule has 3 rings (SSSR count). The molecule has 1 amide bonds. The van der Waals surface area contributed by atoms with Crippen LogP contribution in [0, 0.1) is 11.6 Å². The van der Waals surface area contributed by atoms with Crippen LogP contribution in [0.4, 0.5) is 14.5 Å². The molecule has 3 aromatic rings. The molecule has 2 aromatic carbocycles. The van der Waals surface area contributed by atoms with Gasteiger partial charge in [-0.2, -0.15) is 0 Å².